The number of amides is 1. The van der Waals surface area contributed by atoms with Gasteiger partial charge in [-0.3, -0.25) is 4.79 Å². The summed E-state index contributed by atoms with van der Waals surface area (Å²) < 4.78 is 14.9. The standard InChI is InChI=1S/C22H24FN3O/c1-4-5-12-24-22(27)21-14-19(17-8-10-18(23)11-9-17)25-26(21)20-13-15(2)6-7-16(20)3/h6-11,13-14H,4-5,12H2,1-3H3,(H,24,27). The van der Waals surface area contributed by atoms with Crippen molar-refractivity contribution in [3.8, 4) is 16.9 Å². The van der Waals surface area contributed by atoms with Gasteiger partial charge in [0.1, 0.15) is 11.5 Å². The van der Waals surface area contributed by atoms with E-state index < -0.39 is 0 Å². The maximum absolute atomic E-state index is 13.3. The van der Waals surface area contributed by atoms with Crippen LogP contribution in [-0.4, -0.2) is 22.2 Å². The Balaban J connectivity index is 2.07. The smallest absolute Gasteiger partial charge is 0.270 e. The van der Waals surface area contributed by atoms with E-state index in [1.807, 2.05) is 32.0 Å². The molecular weight excluding hydrogens is 341 g/mol. The second kappa shape index (κ2) is 8.16. The van der Waals surface area contributed by atoms with Crippen molar-refractivity contribution in [2.75, 3.05) is 6.54 Å². The molecule has 1 heterocycles. The lowest BCUT2D eigenvalue weighted by molar-refractivity contribution is 0.0945. The Hall–Kier alpha value is -2.95. The molecule has 5 heteroatoms. The SMILES string of the molecule is CCCCNC(=O)c1cc(-c2ccc(F)cc2)nn1-c1cc(C)ccc1C. The molecule has 0 aliphatic rings. The summed E-state index contributed by atoms with van der Waals surface area (Å²) in [7, 11) is 0. The molecule has 0 bridgehead atoms. The maximum Gasteiger partial charge on any atom is 0.270 e. The van der Waals surface area contributed by atoms with Crippen molar-refractivity contribution >= 4 is 5.91 Å². The van der Waals surface area contributed by atoms with Crippen molar-refractivity contribution in [1.82, 2.24) is 15.1 Å². The molecule has 0 radical (unpaired) electrons. The summed E-state index contributed by atoms with van der Waals surface area (Å²) in [5.74, 6) is -0.463. The first kappa shape index (κ1) is 18.8. The van der Waals surface area contributed by atoms with E-state index in [4.69, 9.17) is 0 Å². The molecule has 1 amide bonds. The summed E-state index contributed by atoms with van der Waals surface area (Å²) >= 11 is 0. The molecule has 4 nitrogen and oxygen atoms in total. The third-order valence-corrected chi connectivity index (χ3v) is 4.49. The molecule has 0 fully saturated rings. The zero-order valence-corrected chi connectivity index (χ0v) is 15.9. The van der Waals surface area contributed by atoms with Crippen molar-refractivity contribution in [3.63, 3.8) is 0 Å². The Labute approximate surface area is 159 Å². The molecule has 1 aromatic heterocycles. The van der Waals surface area contributed by atoms with Crippen LogP contribution in [0.2, 0.25) is 0 Å². The number of unbranched alkanes of at least 4 members (excludes halogenated alkanes) is 1. The molecule has 0 spiro atoms. The van der Waals surface area contributed by atoms with E-state index in [2.05, 4.69) is 17.3 Å². The van der Waals surface area contributed by atoms with Crippen LogP contribution in [0.1, 0.15) is 41.4 Å². The van der Waals surface area contributed by atoms with Gasteiger partial charge in [-0.2, -0.15) is 5.10 Å². The van der Waals surface area contributed by atoms with Gasteiger partial charge in [0.2, 0.25) is 0 Å². The number of nitrogens with zero attached hydrogens (tertiary/aromatic N) is 2. The molecule has 27 heavy (non-hydrogen) atoms. The summed E-state index contributed by atoms with van der Waals surface area (Å²) in [5, 5.41) is 7.62. The molecule has 140 valence electrons. The van der Waals surface area contributed by atoms with Crippen LogP contribution in [0.5, 0.6) is 0 Å². The number of benzene rings is 2. The van der Waals surface area contributed by atoms with Crippen LogP contribution in [0.15, 0.2) is 48.5 Å². The van der Waals surface area contributed by atoms with Crippen LogP contribution in [0, 0.1) is 19.7 Å². The summed E-state index contributed by atoms with van der Waals surface area (Å²) in [6.45, 7) is 6.71. The Morgan fingerprint density at radius 1 is 1.11 bits per heavy atom. The summed E-state index contributed by atoms with van der Waals surface area (Å²) in [6, 6.07) is 14.0. The Morgan fingerprint density at radius 3 is 2.56 bits per heavy atom. The Bertz CT molecular complexity index is 945. The summed E-state index contributed by atoms with van der Waals surface area (Å²) in [5.41, 5.74) is 4.85. The van der Waals surface area contributed by atoms with Gasteiger partial charge >= 0.3 is 0 Å². The van der Waals surface area contributed by atoms with E-state index in [0.29, 0.717) is 17.9 Å². The van der Waals surface area contributed by atoms with Crippen LogP contribution in [0.4, 0.5) is 4.39 Å². The predicted octanol–water partition coefficient (Wildman–Crippen LogP) is 4.83. The fraction of sp³-hybridized carbons (Fsp3) is 0.273. The van der Waals surface area contributed by atoms with Crippen molar-refractivity contribution in [3.05, 3.63) is 71.2 Å². The second-order valence-electron chi connectivity index (χ2n) is 6.73. The molecule has 0 aliphatic carbocycles. The minimum atomic E-state index is -0.301. The van der Waals surface area contributed by atoms with Crippen LogP contribution in [-0.2, 0) is 0 Å². The maximum atomic E-state index is 13.3. The van der Waals surface area contributed by atoms with Crippen LogP contribution < -0.4 is 5.32 Å². The van der Waals surface area contributed by atoms with E-state index in [0.717, 1.165) is 35.2 Å². The molecule has 1 N–H and O–H groups in total. The molecule has 3 aromatic rings. The van der Waals surface area contributed by atoms with Crippen molar-refractivity contribution in [2.24, 2.45) is 0 Å². The molecule has 0 unspecified atom stereocenters. The number of halogens is 1. The number of carbonyl (C=O) groups is 1. The fourth-order valence-corrected chi connectivity index (χ4v) is 2.91. The largest absolute Gasteiger partial charge is 0.351 e. The van der Waals surface area contributed by atoms with Gasteiger partial charge in [0, 0.05) is 12.1 Å². The zero-order chi connectivity index (χ0) is 19.4. The highest BCUT2D eigenvalue weighted by Crippen LogP contribution is 2.24. The molecule has 0 atom stereocenters. The lowest BCUT2D eigenvalue weighted by Crippen LogP contribution is -2.26. The number of hydrogen-bond acceptors (Lipinski definition) is 2. The lowest BCUT2D eigenvalue weighted by Gasteiger charge is -2.11. The van der Waals surface area contributed by atoms with Gasteiger partial charge in [0.25, 0.3) is 5.91 Å². The van der Waals surface area contributed by atoms with Gasteiger partial charge in [-0.05, 0) is 67.8 Å². The Kier molecular flexibility index (Phi) is 5.69. The highest BCUT2D eigenvalue weighted by atomic mass is 19.1. The average molecular weight is 365 g/mol. The van der Waals surface area contributed by atoms with E-state index in [1.165, 1.54) is 12.1 Å². The normalized spacial score (nSPS) is 10.8. The monoisotopic (exact) mass is 365 g/mol. The van der Waals surface area contributed by atoms with Crippen molar-refractivity contribution in [1.29, 1.82) is 0 Å². The van der Waals surface area contributed by atoms with Gasteiger partial charge in [-0.15, -0.1) is 0 Å². The first-order valence-electron chi connectivity index (χ1n) is 9.21. The minimum absolute atomic E-state index is 0.162. The van der Waals surface area contributed by atoms with E-state index in [-0.39, 0.29) is 11.7 Å². The number of nitrogens with one attached hydrogen (secondary N) is 1. The molecular formula is C22H24FN3O. The van der Waals surface area contributed by atoms with Crippen LogP contribution in [0.3, 0.4) is 0 Å². The van der Waals surface area contributed by atoms with E-state index >= 15 is 0 Å². The number of aromatic nitrogens is 2. The van der Waals surface area contributed by atoms with Crippen LogP contribution >= 0.6 is 0 Å². The third kappa shape index (κ3) is 4.25. The quantitative estimate of drug-likeness (QED) is 0.636. The number of carbonyl (C=O) groups excluding carboxylic acids is 1. The highest BCUT2D eigenvalue weighted by Gasteiger charge is 2.18. The summed E-state index contributed by atoms with van der Waals surface area (Å²) in [4.78, 5) is 12.8. The molecule has 0 aliphatic heterocycles. The second-order valence-corrected chi connectivity index (χ2v) is 6.73. The number of rotatable bonds is 6. The van der Waals surface area contributed by atoms with Gasteiger partial charge in [0.15, 0.2) is 0 Å². The first-order valence-corrected chi connectivity index (χ1v) is 9.21. The van der Waals surface area contributed by atoms with Gasteiger partial charge in [0.05, 0.1) is 11.4 Å². The fourth-order valence-electron chi connectivity index (χ4n) is 2.91. The van der Waals surface area contributed by atoms with Crippen LogP contribution in [0.25, 0.3) is 16.9 Å². The van der Waals surface area contributed by atoms with E-state index in [1.54, 1.807) is 22.9 Å². The number of hydrogen-bond donors (Lipinski definition) is 1. The predicted molar refractivity (Wildman–Crippen MR) is 106 cm³/mol. The zero-order valence-electron chi connectivity index (χ0n) is 15.9. The lowest BCUT2D eigenvalue weighted by atomic mass is 10.1. The molecule has 0 saturated heterocycles. The molecule has 3 rings (SSSR count). The third-order valence-electron chi connectivity index (χ3n) is 4.49. The minimum Gasteiger partial charge on any atom is -0.351 e. The first-order chi connectivity index (χ1) is 13.0. The number of aryl methyl sites for hydroxylation is 2. The average Bonchev–Trinajstić information content (AvgIpc) is 3.09. The summed E-state index contributed by atoms with van der Waals surface area (Å²) in [6.07, 6.45) is 1.94. The van der Waals surface area contributed by atoms with Gasteiger partial charge in [-0.1, -0.05) is 25.5 Å². The van der Waals surface area contributed by atoms with Gasteiger partial charge in [-0.25, -0.2) is 9.07 Å². The molecule has 2 aromatic carbocycles. The highest BCUT2D eigenvalue weighted by molar-refractivity contribution is 5.94. The van der Waals surface area contributed by atoms with E-state index in [9.17, 15) is 9.18 Å². The Morgan fingerprint density at radius 2 is 1.85 bits per heavy atom. The molecule has 0 saturated carbocycles. The van der Waals surface area contributed by atoms with Gasteiger partial charge < -0.3 is 5.32 Å². The van der Waals surface area contributed by atoms with Crippen molar-refractivity contribution in [2.45, 2.75) is 33.6 Å². The van der Waals surface area contributed by atoms with Crippen molar-refractivity contribution < 1.29 is 9.18 Å². The topological polar surface area (TPSA) is 46.9 Å².